The second-order valence-corrected chi connectivity index (χ2v) is 4.85. The first kappa shape index (κ1) is 14.7. The number of likely N-dealkylation sites (tertiary alicyclic amines) is 1. The molecule has 0 bridgehead atoms. The number of hydrogen-bond acceptors (Lipinski definition) is 4. The first-order valence-corrected chi connectivity index (χ1v) is 6.97. The van der Waals surface area contributed by atoms with Gasteiger partial charge in [-0.15, -0.1) is 0 Å². The van der Waals surface area contributed by atoms with Crippen LogP contribution in [0.4, 0.5) is 0 Å². The SMILES string of the molecule is CCOc1ccccc1OCC(=O)N1CCC(CO)C1. The van der Waals surface area contributed by atoms with Crippen LogP contribution in [-0.4, -0.2) is 48.8 Å². The van der Waals surface area contributed by atoms with E-state index >= 15 is 0 Å². The second kappa shape index (κ2) is 7.14. The summed E-state index contributed by atoms with van der Waals surface area (Å²) >= 11 is 0. The molecule has 1 unspecified atom stereocenters. The Hall–Kier alpha value is -1.75. The molecule has 0 aliphatic carbocycles. The molecule has 1 heterocycles. The van der Waals surface area contributed by atoms with E-state index in [0.717, 1.165) is 6.42 Å². The van der Waals surface area contributed by atoms with Gasteiger partial charge >= 0.3 is 0 Å². The van der Waals surface area contributed by atoms with Gasteiger partial charge in [0.25, 0.3) is 5.91 Å². The van der Waals surface area contributed by atoms with Crippen LogP contribution in [0, 0.1) is 5.92 Å². The zero-order chi connectivity index (χ0) is 14.4. The highest BCUT2D eigenvalue weighted by Gasteiger charge is 2.25. The fourth-order valence-corrected chi connectivity index (χ4v) is 2.28. The fourth-order valence-electron chi connectivity index (χ4n) is 2.28. The van der Waals surface area contributed by atoms with E-state index < -0.39 is 0 Å². The maximum atomic E-state index is 12.0. The smallest absolute Gasteiger partial charge is 0.260 e. The topological polar surface area (TPSA) is 59.0 Å². The van der Waals surface area contributed by atoms with Crippen LogP contribution < -0.4 is 9.47 Å². The number of carbonyl (C=O) groups excluding carboxylic acids is 1. The van der Waals surface area contributed by atoms with Crippen LogP contribution in [0.25, 0.3) is 0 Å². The molecule has 1 amide bonds. The van der Waals surface area contributed by atoms with Gasteiger partial charge in [-0.05, 0) is 25.5 Å². The molecule has 1 aromatic carbocycles. The highest BCUT2D eigenvalue weighted by Crippen LogP contribution is 2.26. The van der Waals surface area contributed by atoms with Gasteiger partial charge in [-0.1, -0.05) is 12.1 Å². The summed E-state index contributed by atoms with van der Waals surface area (Å²) in [4.78, 5) is 13.8. The van der Waals surface area contributed by atoms with Gasteiger partial charge < -0.3 is 19.5 Å². The Morgan fingerprint density at radius 2 is 2.05 bits per heavy atom. The molecule has 1 saturated heterocycles. The molecule has 1 aromatic rings. The quantitative estimate of drug-likeness (QED) is 0.853. The number of hydrogen-bond donors (Lipinski definition) is 1. The third kappa shape index (κ3) is 3.63. The van der Waals surface area contributed by atoms with Crippen molar-refractivity contribution in [1.29, 1.82) is 0 Å². The third-order valence-corrected chi connectivity index (χ3v) is 3.40. The number of nitrogens with zero attached hydrogens (tertiary/aromatic N) is 1. The molecule has 1 N–H and O–H groups in total. The molecule has 110 valence electrons. The summed E-state index contributed by atoms with van der Waals surface area (Å²) < 4.78 is 11.0. The van der Waals surface area contributed by atoms with Crippen molar-refractivity contribution < 1.29 is 19.4 Å². The van der Waals surface area contributed by atoms with E-state index in [-0.39, 0.29) is 25.0 Å². The third-order valence-electron chi connectivity index (χ3n) is 3.40. The van der Waals surface area contributed by atoms with E-state index in [1.807, 2.05) is 25.1 Å². The lowest BCUT2D eigenvalue weighted by atomic mass is 10.1. The number of carbonyl (C=O) groups is 1. The van der Waals surface area contributed by atoms with Crippen LogP contribution in [0.1, 0.15) is 13.3 Å². The minimum atomic E-state index is -0.0488. The van der Waals surface area contributed by atoms with Gasteiger partial charge in [0.2, 0.25) is 0 Å². The van der Waals surface area contributed by atoms with Crippen molar-refractivity contribution in [1.82, 2.24) is 4.90 Å². The van der Waals surface area contributed by atoms with Crippen LogP contribution in [-0.2, 0) is 4.79 Å². The first-order chi connectivity index (χ1) is 9.74. The molecule has 1 aliphatic heterocycles. The fraction of sp³-hybridized carbons (Fsp3) is 0.533. The molecule has 1 fully saturated rings. The van der Waals surface area contributed by atoms with E-state index in [1.165, 1.54) is 0 Å². The molecule has 1 aliphatic rings. The molecule has 1 atom stereocenters. The summed E-state index contributed by atoms with van der Waals surface area (Å²) in [5.41, 5.74) is 0. The second-order valence-electron chi connectivity index (χ2n) is 4.85. The monoisotopic (exact) mass is 279 g/mol. The van der Waals surface area contributed by atoms with Crippen molar-refractivity contribution >= 4 is 5.91 Å². The zero-order valence-corrected chi connectivity index (χ0v) is 11.7. The van der Waals surface area contributed by atoms with Gasteiger partial charge in [-0.2, -0.15) is 0 Å². The van der Waals surface area contributed by atoms with Gasteiger partial charge in [0.05, 0.1) is 6.61 Å². The predicted molar refractivity (Wildman–Crippen MR) is 74.9 cm³/mol. The van der Waals surface area contributed by atoms with Crippen molar-refractivity contribution in [3.63, 3.8) is 0 Å². The minimum Gasteiger partial charge on any atom is -0.490 e. The summed E-state index contributed by atoms with van der Waals surface area (Å²) in [7, 11) is 0. The van der Waals surface area contributed by atoms with Crippen LogP contribution in [0.2, 0.25) is 0 Å². The number of aliphatic hydroxyl groups is 1. The molecule has 20 heavy (non-hydrogen) atoms. The van der Waals surface area contributed by atoms with Gasteiger partial charge in [0, 0.05) is 25.6 Å². The minimum absolute atomic E-state index is 0.00222. The molecule has 0 radical (unpaired) electrons. The molecular formula is C15H21NO4. The first-order valence-electron chi connectivity index (χ1n) is 6.97. The van der Waals surface area contributed by atoms with Gasteiger partial charge in [0.1, 0.15) is 0 Å². The Kier molecular flexibility index (Phi) is 5.24. The van der Waals surface area contributed by atoms with Crippen LogP contribution in [0.3, 0.4) is 0 Å². The number of ether oxygens (including phenoxy) is 2. The van der Waals surface area contributed by atoms with E-state index in [1.54, 1.807) is 11.0 Å². The molecule has 2 rings (SSSR count). The number of benzene rings is 1. The van der Waals surface area contributed by atoms with Crippen LogP contribution in [0.5, 0.6) is 11.5 Å². The van der Waals surface area contributed by atoms with Crippen LogP contribution in [0.15, 0.2) is 24.3 Å². The lowest BCUT2D eigenvalue weighted by Gasteiger charge is -2.17. The van der Waals surface area contributed by atoms with Crippen molar-refractivity contribution in [3.8, 4) is 11.5 Å². The predicted octanol–water partition coefficient (Wildman–Crippen LogP) is 1.30. The highest BCUT2D eigenvalue weighted by atomic mass is 16.5. The maximum Gasteiger partial charge on any atom is 0.260 e. The van der Waals surface area contributed by atoms with Crippen molar-refractivity contribution in [2.24, 2.45) is 5.92 Å². The van der Waals surface area contributed by atoms with Crippen LogP contribution >= 0.6 is 0 Å². The number of para-hydroxylation sites is 2. The summed E-state index contributed by atoms with van der Waals surface area (Å²) in [5.74, 6) is 1.39. The Morgan fingerprint density at radius 3 is 2.65 bits per heavy atom. The van der Waals surface area contributed by atoms with Crippen molar-refractivity contribution in [3.05, 3.63) is 24.3 Å². The maximum absolute atomic E-state index is 12.0. The summed E-state index contributed by atoms with van der Waals surface area (Å²) in [6, 6.07) is 7.33. The Morgan fingerprint density at radius 1 is 1.35 bits per heavy atom. The Bertz CT molecular complexity index is 449. The molecule has 5 heteroatoms. The highest BCUT2D eigenvalue weighted by molar-refractivity contribution is 5.78. The van der Waals surface area contributed by atoms with E-state index in [4.69, 9.17) is 14.6 Å². The lowest BCUT2D eigenvalue weighted by molar-refractivity contribution is -0.132. The number of aliphatic hydroxyl groups excluding tert-OH is 1. The summed E-state index contributed by atoms with van der Waals surface area (Å²) in [6.45, 7) is 3.91. The molecule has 0 spiro atoms. The molecule has 5 nitrogen and oxygen atoms in total. The normalized spacial score (nSPS) is 18.1. The van der Waals surface area contributed by atoms with E-state index in [9.17, 15) is 4.79 Å². The Labute approximate surface area is 119 Å². The van der Waals surface area contributed by atoms with Crippen molar-refractivity contribution in [2.75, 3.05) is 32.9 Å². The van der Waals surface area contributed by atoms with Crippen molar-refractivity contribution in [2.45, 2.75) is 13.3 Å². The standard InChI is InChI=1S/C15H21NO4/c1-2-19-13-5-3-4-6-14(13)20-11-15(18)16-8-7-12(9-16)10-17/h3-6,12,17H,2,7-11H2,1H3. The van der Waals surface area contributed by atoms with Gasteiger partial charge in [-0.25, -0.2) is 0 Å². The summed E-state index contributed by atoms with van der Waals surface area (Å²) in [6.07, 6.45) is 0.859. The van der Waals surface area contributed by atoms with Gasteiger partial charge in [0.15, 0.2) is 18.1 Å². The summed E-state index contributed by atoms with van der Waals surface area (Å²) in [5, 5.41) is 9.08. The largest absolute Gasteiger partial charge is 0.490 e. The van der Waals surface area contributed by atoms with E-state index in [2.05, 4.69) is 0 Å². The average Bonchev–Trinajstić information content (AvgIpc) is 2.95. The van der Waals surface area contributed by atoms with E-state index in [0.29, 0.717) is 31.2 Å². The lowest BCUT2D eigenvalue weighted by Crippen LogP contribution is -2.33. The van der Waals surface area contributed by atoms with Gasteiger partial charge in [-0.3, -0.25) is 4.79 Å². The molecule has 0 aromatic heterocycles. The molecule has 0 saturated carbocycles. The zero-order valence-electron chi connectivity index (χ0n) is 11.7. The molecular weight excluding hydrogens is 258 g/mol. The number of amides is 1. The number of rotatable bonds is 6. The average molecular weight is 279 g/mol. The Balaban J connectivity index is 1.87.